The Balaban J connectivity index is 1.95. The molecule has 1 heterocycles. The van der Waals surface area contributed by atoms with Gasteiger partial charge in [-0.2, -0.15) is 5.26 Å². The number of nitriles is 1. The van der Waals surface area contributed by atoms with E-state index in [1.165, 1.54) is 6.08 Å². The smallest absolute Gasteiger partial charge is 0.323 e. The fourth-order valence-corrected chi connectivity index (χ4v) is 2.83. The lowest BCUT2D eigenvalue weighted by Gasteiger charge is -2.04. The predicted octanol–water partition coefficient (Wildman–Crippen LogP) is 3.92. The van der Waals surface area contributed by atoms with Crippen molar-refractivity contribution < 1.29 is 14.7 Å². The van der Waals surface area contributed by atoms with Crippen LogP contribution in [0.3, 0.4) is 0 Å². The summed E-state index contributed by atoms with van der Waals surface area (Å²) in [6.07, 6.45) is 3.07. The number of fused-ring (bicyclic) bond motifs is 1. The molecule has 3 rings (SSSR count). The number of hydrogen-bond donors (Lipinski definition) is 2. The average Bonchev–Trinajstić information content (AvgIpc) is 2.98. The molecule has 0 aliphatic heterocycles. The van der Waals surface area contributed by atoms with Gasteiger partial charge in [0, 0.05) is 33.4 Å². The highest BCUT2D eigenvalue weighted by Gasteiger charge is 2.13. The first kappa shape index (κ1) is 18.2. The quantitative estimate of drug-likeness (QED) is 0.518. The Morgan fingerprint density at radius 3 is 2.56 bits per heavy atom. The predicted molar refractivity (Wildman–Crippen MR) is 103 cm³/mol. The fraction of sp³-hybridized carbons (Fsp3) is 0.0500. The number of aromatic nitrogens is 1. The number of halogens is 1. The normalized spacial score (nSPS) is 11.2. The number of benzene rings is 2. The van der Waals surface area contributed by atoms with E-state index in [4.69, 9.17) is 16.7 Å². The molecule has 0 aliphatic rings. The number of hydrogen-bond acceptors (Lipinski definition) is 3. The largest absolute Gasteiger partial charge is 0.480 e. The molecule has 2 N–H and O–H groups in total. The third-order valence-corrected chi connectivity index (χ3v) is 4.14. The van der Waals surface area contributed by atoms with Gasteiger partial charge in [-0.15, -0.1) is 0 Å². The van der Waals surface area contributed by atoms with Gasteiger partial charge in [-0.3, -0.25) is 9.59 Å². The van der Waals surface area contributed by atoms with Crippen LogP contribution < -0.4 is 5.32 Å². The lowest BCUT2D eigenvalue weighted by Crippen LogP contribution is -2.13. The van der Waals surface area contributed by atoms with Crippen LogP contribution >= 0.6 is 11.6 Å². The zero-order valence-corrected chi connectivity index (χ0v) is 14.8. The van der Waals surface area contributed by atoms with Crippen LogP contribution in [0.4, 0.5) is 5.69 Å². The Bertz CT molecular complexity index is 1090. The number of anilines is 1. The van der Waals surface area contributed by atoms with E-state index in [1.54, 1.807) is 47.2 Å². The van der Waals surface area contributed by atoms with Gasteiger partial charge in [0.05, 0.1) is 0 Å². The zero-order chi connectivity index (χ0) is 19.4. The molecule has 0 aliphatic carbocycles. The van der Waals surface area contributed by atoms with Crippen LogP contribution in [0.25, 0.3) is 17.0 Å². The lowest BCUT2D eigenvalue weighted by atomic mass is 10.1. The number of nitrogens with one attached hydrogen (secondary N) is 1. The highest BCUT2D eigenvalue weighted by atomic mass is 35.5. The summed E-state index contributed by atoms with van der Waals surface area (Å²) in [6.45, 7) is -0.215. The molecule has 134 valence electrons. The molecule has 0 fully saturated rings. The topological polar surface area (TPSA) is 95.1 Å². The molecule has 1 amide bonds. The summed E-state index contributed by atoms with van der Waals surface area (Å²) >= 11 is 5.82. The molecular weight excluding hydrogens is 366 g/mol. The second kappa shape index (κ2) is 7.77. The van der Waals surface area contributed by atoms with Crippen molar-refractivity contribution in [3.05, 3.63) is 70.9 Å². The average molecular weight is 380 g/mol. The number of nitrogens with zero attached hydrogens (tertiary/aromatic N) is 2. The van der Waals surface area contributed by atoms with Crippen LogP contribution in [-0.2, 0) is 16.1 Å². The lowest BCUT2D eigenvalue weighted by molar-refractivity contribution is -0.137. The number of aliphatic carboxylic acids is 1. The summed E-state index contributed by atoms with van der Waals surface area (Å²) in [6, 6.07) is 15.6. The van der Waals surface area contributed by atoms with Crippen molar-refractivity contribution in [1.29, 1.82) is 5.26 Å². The molecule has 0 spiro atoms. The Labute approximate surface area is 159 Å². The molecular formula is C20H14ClN3O3. The minimum Gasteiger partial charge on any atom is -0.480 e. The minimum atomic E-state index is -0.979. The van der Waals surface area contributed by atoms with Gasteiger partial charge in [0.1, 0.15) is 18.2 Å². The maximum absolute atomic E-state index is 12.4. The van der Waals surface area contributed by atoms with E-state index in [0.29, 0.717) is 21.8 Å². The first-order chi connectivity index (χ1) is 13.0. The molecule has 0 bridgehead atoms. The van der Waals surface area contributed by atoms with E-state index >= 15 is 0 Å². The van der Waals surface area contributed by atoms with Crippen molar-refractivity contribution in [3.8, 4) is 6.07 Å². The van der Waals surface area contributed by atoms with Crippen molar-refractivity contribution in [2.75, 3.05) is 5.32 Å². The van der Waals surface area contributed by atoms with Gasteiger partial charge in [0.25, 0.3) is 5.91 Å². The first-order valence-electron chi connectivity index (χ1n) is 7.96. The second-order valence-corrected chi connectivity index (χ2v) is 6.19. The van der Waals surface area contributed by atoms with E-state index in [-0.39, 0.29) is 12.1 Å². The molecule has 0 atom stereocenters. The maximum Gasteiger partial charge on any atom is 0.323 e. The third kappa shape index (κ3) is 4.17. The van der Waals surface area contributed by atoms with E-state index < -0.39 is 11.9 Å². The number of para-hydroxylation sites is 1. The van der Waals surface area contributed by atoms with Gasteiger partial charge in [0.15, 0.2) is 0 Å². The van der Waals surface area contributed by atoms with Gasteiger partial charge >= 0.3 is 5.97 Å². The monoisotopic (exact) mass is 379 g/mol. The number of rotatable bonds is 5. The SMILES string of the molecule is N#CC(=Cc1cn(CC(=O)O)c2ccccc12)C(=O)Nc1ccc(Cl)cc1. The van der Waals surface area contributed by atoms with Crippen molar-refractivity contribution in [2.45, 2.75) is 6.54 Å². The van der Waals surface area contributed by atoms with Crippen LogP contribution in [0.1, 0.15) is 5.56 Å². The standard InChI is InChI=1S/C20H14ClN3O3/c21-15-5-7-16(8-6-15)23-20(27)13(10-22)9-14-11-24(12-19(25)26)18-4-2-1-3-17(14)18/h1-9,11H,12H2,(H,23,27)(H,25,26). The number of carboxylic acids is 1. The van der Waals surface area contributed by atoms with Gasteiger partial charge in [0.2, 0.25) is 0 Å². The molecule has 27 heavy (non-hydrogen) atoms. The minimum absolute atomic E-state index is 0.0943. The summed E-state index contributed by atoms with van der Waals surface area (Å²) in [4.78, 5) is 23.5. The number of carbonyl (C=O) groups is 2. The fourth-order valence-electron chi connectivity index (χ4n) is 2.70. The number of carbonyl (C=O) groups excluding carboxylic acids is 1. The maximum atomic E-state index is 12.4. The van der Waals surface area contributed by atoms with Crippen molar-refractivity contribution in [3.63, 3.8) is 0 Å². The van der Waals surface area contributed by atoms with Crippen LogP contribution in [0, 0.1) is 11.3 Å². The third-order valence-electron chi connectivity index (χ3n) is 3.89. The van der Waals surface area contributed by atoms with Crippen LogP contribution in [-0.4, -0.2) is 21.6 Å². The van der Waals surface area contributed by atoms with E-state index in [9.17, 15) is 14.9 Å². The van der Waals surface area contributed by atoms with Crippen molar-refractivity contribution >= 4 is 46.1 Å². The van der Waals surface area contributed by atoms with Crippen LogP contribution in [0.15, 0.2) is 60.3 Å². The molecule has 3 aromatic rings. The van der Waals surface area contributed by atoms with Crippen molar-refractivity contribution in [1.82, 2.24) is 4.57 Å². The molecule has 0 unspecified atom stereocenters. The molecule has 2 aromatic carbocycles. The Morgan fingerprint density at radius 1 is 1.19 bits per heavy atom. The summed E-state index contributed by atoms with van der Waals surface area (Å²) in [7, 11) is 0. The summed E-state index contributed by atoms with van der Waals surface area (Å²) < 4.78 is 1.57. The van der Waals surface area contributed by atoms with Gasteiger partial charge in [-0.05, 0) is 36.4 Å². The molecule has 0 saturated heterocycles. The van der Waals surface area contributed by atoms with Gasteiger partial charge in [-0.25, -0.2) is 0 Å². The summed E-state index contributed by atoms with van der Waals surface area (Å²) in [5.41, 5.74) is 1.72. The summed E-state index contributed by atoms with van der Waals surface area (Å²) in [5, 5.41) is 22.4. The zero-order valence-electron chi connectivity index (χ0n) is 14.0. The highest BCUT2D eigenvalue weighted by molar-refractivity contribution is 6.30. The molecule has 7 heteroatoms. The second-order valence-electron chi connectivity index (χ2n) is 5.75. The van der Waals surface area contributed by atoms with Gasteiger partial charge < -0.3 is 15.0 Å². The van der Waals surface area contributed by atoms with E-state index in [0.717, 1.165) is 5.39 Å². The van der Waals surface area contributed by atoms with E-state index in [2.05, 4.69) is 5.32 Å². The Hall–Kier alpha value is -3.56. The number of amides is 1. The Kier molecular flexibility index (Phi) is 5.25. The number of carboxylic acid groups (broad SMARTS) is 1. The van der Waals surface area contributed by atoms with Crippen molar-refractivity contribution in [2.24, 2.45) is 0 Å². The van der Waals surface area contributed by atoms with Crippen LogP contribution in [0.5, 0.6) is 0 Å². The Morgan fingerprint density at radius 2 is 1.89 bits per heavy atom. The summed E-state index contributed by atoms with van der Waals surface area (Å²) in [5.74, 6) is -1.54. The highest BCUT2D eigenvalue weighted by Crippen LogP contribution is 2.24. The van der Waals surface area contributed by atoms with Gasteiger partial charge in [-0.1, -0.05) is 29.8 Å². The molecule has 6 nitrogen and oxygen atoms in total. The van der Waals surface area contributed by atoms with Crippen LogP contribution in [0.2, 0.25) is 5.02 Å². The van der Waals surface area contributed by atoms with E-state index in [1.807, 2.05) is 18.2 Å². The first-order valence-corrected chi connectivity index (χ1v) is 8.34. The molecule has 0 saturated carbocycles. The molecule has 0 radical (unpaired) electrons. The molecule has 1 aromatic heterocycles.